The van der Waals surface area contributed by atoms with Crippen molar-refractivity contribution in [3.63, 3.8) is 0 Å². The molecule has 4 nitrogen and oxygen atoms in total. The normalized spacial score (nSPS) is 11.6. The monoisotopic (exact) mass is 334 g/mol. The number of hydrogen-bond acceptors (Lipinski definition) is 3. The van der Waals surface area contributed by atoms with Crippen molar-refractivity contribution in [3.05, 3.63) is 39.8 Å². The average molecular weight is 335 g/mol. The number of H-pyrrole nitrogens is 1. The van der Waals surface area contributed by atoms with E-state index < -0.39 is 11.7 Å². The van der Waals surface area contributed by atoms with Gasteiger partial charge in [0.15, 0.2) is 0 Å². The molecule has 0 aliphatic carbocycles. The molecule has 0 aliphatic rings. The van der Waals surface area contributed by atoms with E-state index in [1.165, 1.54) is 6.20 Å². The Morgan fingerprint density at radius 3 is 2.68 bits per heavy atom. The van der Waals surface area contributed by atoms with Gasteiger partial charge in [-0.15, -0.1) is 0 Å². The largest absolute Gasteiger partial charge is 0.419 e. The summed E-state index contributed by atoms with van der Waals surface area (Å²) in [6.07, 6.45) is -1.57. The first-order valence-electron chi connectivity index (χ1n) is 5.33. The third-order valence-electron chi connectivity index (χ3n) is 2.54. The minimum atomic E-state index is -4.45. The minimum Gasteiger partial charge on any atom is -0.365 e. The minimum absolute atomic E-state index is 0.198. The molecule has 0 atom stereocenters. The Kier molecular flexibility index (Phi) is 3.79. The van der Waals surface area contributed by atoms with E-state index in [0.29, 0.717) is 0 Å². The summed E-state index contributed by atoms with van der Waals surface area (Å²) in [6, 6.07) is 0.998. The third kappa shape index (κ3) is 3.25. The number of pyridine rings is 1. The molecule has 102 valence electrons. The lowest BCUT2D eigenvalue weighted by atomic mass is 10.2. The molecule has 0 bridgehead atoms. The predicted octanol–water partition coefficient (Wildman–Crippen LogP) is 3.51. The summed E-state index contributed by atoms with van der Waals surface area (Å²) in [5, 5.41) is 9.20. The SMILES string of the molecule is Cc1[nH]ncc1CNc1ncc(Br)cc1C(F)(F)F. The third-order valence-corrected chi connectivity index (χ3v) is 2.97. The van der Waals surface area contributed by atoms with Crippen LogP contribution in [0.3, 0.4) is 0 Å². The van der Waals surface area contributed by atoms with Gasteiger partial charge in [-0.1, -0.05) is 0 Å². The summed E-state index contributed by atoms with van der Waals surface area (Å²) in [4.78, 5) is 3.77. The van der Waals surface area contributed by atoms with Crippen LogP contribution in [-0.2, 0) is 12.7 Å². The molecule has 0 aromatic carbocycles. The van der Waals surface area contributed by atoms with Crippen molar-refractivity contribution in [2.24, 2.45) is 0 Å². The quantitative estimate of drug-likeness (QED) is 0.903. The fraction of sp³-hybridized carbons (Fsp3) is 0.273. The van der Waals surface area contributed by atoms with Crippen molar-refractivity contribution in [1.29, 1.82) is 0 Å². The summed E-state index contributed by atoms with van der Waals surface area (Å²) in [7, 11) is 0. The van der Waals surface area contributed by atoms with Gasteiger partial charge in [0.2, 0.25) is 0 Å². The number of aromatic amines is 1. The van der Waals surface area contributed by atoms with Gasteiger partial charge in [-0.3, -0.25) is 5.10 Å². The Morgan fingerprint density at radius 2 is 2.11 bits per heavy atom. The summed E-state index contributed by atoms with van der Waals surface area (Å²) >= 11 is 2.98. The van der Waals surface area contributed by atoms with Gasteiger partial charge >= 0.3 is 6.18 Å². The Bertz CT molecular complexity index is 580. The first-order valence-corrected chi connectivity index (χ1v) is 6.12. The smallest absolute Gasteiger partial charge is 0.365 e. The Balaban J connectivity index is 2.23. The van der Waals surface area contributed by atoms with Crippen LogP contribution in [0.15, 0.2) is 22.9 Å². The molecule has 2 rings (SSSR count). The van der Waals surface area contributed by atoms with E-state index in [9.17, 15) is 13.2 Å². The molecule has 2 N–H and O–H groups in total. The van der Waals surface area contributed by atoms with Gasteiger partial charge in [0.25, 0.3) is 0 Å². The van der Waals surface area contributed by atoms with Crippen molar-refractivity contribution in [1.82, 2.24) is 15.2 Å². The molecule has 2 aromatic rings. The first-order chi connectivity index (χ1) is 8.88. The molecule has 19 heavy (non-hydrogen) atoms. The maximum atomic E-state index is 12.9. The summed E-state index contributed by atoms with van der Waals surface area (Å²) in [5.41, 5.74) is 0.791. The summed E-state index contributed by atoms with van der Waals surface area (Å²) in [5.74, 6) is -0.198. The zero-order valence-corrected chi connectivity index (χ0v) is 11.4. The van der Waals surface area contributed by atoms with Gasteiger partial charge < -0.3 is 5.32 Å². The van der Waals surface area contributed by atoms with Gasteiger partial charge in [-0.25, -0.2) is 4.98 Å². The lowest BCUT2D eigenvalue weighted by Crippen LogP contribution is -2.12. The summed E-state index contributed by atoms with van der Waals surface area (Å²) < 4.78 is 38.8. The fourth-order valence-electron chi connectivity index (χ4n) is 1.53. The van der Waals surface area contributed by atoms with Crippen LogP contribution in [0.4, 0.5) is 19.0 Å². The number of rotatable bonds is 3. The molecule has 0 unspecified atom stereocenters. The number of nitrogens with one attached hydrogen (secondary N) is 2. The van der Waals surface area contributed by atoms with Crippen molar-refractivity contribution < 1.29 is 13.2 Å². The zero-order valence-electron chi connectivity index (χ0n) is 9.85. The Labute approximate surface area is 115 Å². The standard InChI is InChI=1S/C11H10BrF3N4/c1-6-7(4-18-19-6)3-16-10-9(11(13,14)15)2-8(12)5-17-10/h2,4-5H,3H2,1H3,(H,16,17)(H,18,19). The van der Waals surface area contributed by atoms with Crippen molar-refractivity contribution in [2.45, 2.75) is 19.6 Å². The highest BCUT2D eigenvalue weighted by Crippen LogP contribution is 2.35. The van der Waals surface area contributed by atoms with Crippen LogP contribution >= 0.6 is 15.9 Å². The van der Waals surface area contributed by atoms with Gasteiger partial charge in [-0.2, -0.15) is 18.3 Å². The number of hydrogen-bond donors (Lipinski definition) is 2. The van der Waals surface area contributed by atoms with Gasteiger partial charge in [0.05, 0.1) is 11.8 Å². The van der Waals surface area contributed by atoms with E-state index in [0.717, 1.165) is 17.3 Å². The number of aryl methyl sites for hydroxylation is 1. The second-order valence-corrected chi connectivity index (χ2v) is 4.84. The topological polar surface area (TPSA) is 53.6 Å². The molecule has 2 heterocycles. The second-order valence-electron chi connectivity index (χ2n) is 3.92. The van der Waals surface area contributed by atoms with E-state index in [1.807, 2.05) is 0 Å². The molecule has 2 aromatic heterocycles. The summed E-state index contributed by atoms with van der Waals surface area (Å²) in [6.45, 7) is 2.02. The molecule has 0 spiro atoms. The molecule has 0 saturated heterocycles. The van der Waals surface area contributed by atoms with Crippen LogP contribution in [0, 0.1) is 6.92 Å². The first kappa shape index (κ1) is 13.9. The Hall–Kier alpha value is -1.57. The van der Waals surface area contributed by atoms with E-state index in [4.69, 9.17) is 0 Å². The molecular formula is C11H10BrF3N4. The molecule has 0 radical (unpaired) electrons. The van der Waals surface area contributed by atoms with Crippen LogP contribution in [0.1, 0.15) is 16.8 Å². The average Bonchev–Trinajstić information content (AvgIpc) is 2.72. The van der Waals surface area contributed by atoms with E-state index in [-0.39, 0.29) is 16.8 Å². The number of anilines is 1. The van der Waals surface area contributed by atoms with Gasteiger partial charge in [-0.05, 0) is 28.9 Å². The molecule has 8 heteroatoms. The van der Waals surface area contributed by atoms with Crippen LogP contribution in [0.2, 0.25) is 0 Å². The lowest BCUT2D eigenvalue weighted by molar-refractivity contribution is -0.137. The van der Waals surface area contributed by atoms with E-state index in [2.05, 4.69) is 36.4 Å². The Morgan fingerprint density at radius 1 is 1.37 bits per heavy atom. The van der Waals surface area contributed by atoms with Crippen LogP contribution < -0.4 is 5.32 Å². The van der Waals surface area contributed by atoms with E-state index in [1.54, 1.807) is 13.1 Å². The highest BCUT2D eigenvalue weighted by atomic mass is 79.9. The van der Waals surface area contributed by atoms with Crippen LogP contribution in [0.5, 0.6) is 0 Å². The number of aromatic nitrogens is 3. The highest BCUT2D eigenvalue weighted by Gasteiger charge is 2.34. The van der Waals surface area contributed by atoms with Gasteiger partial charge in [0, 0.05) is 28.5 Å². The molecule has 0 amide bonds. The number of halogens is 4. The molecule has 0 aliphatic heterocycles. The lowest BCUT2D eigenvalue weighted by Gasteiger charge is -2.13. The zero-order chi connectivity index (χ0) is 14.0. The van der Waals surface area contributed by atoms with Crippen molar-refractivity contribution in [3.8, 4) is 0 Å². The maximum absolute atomic E-state index is 12.9. The molecule has 0 saturated carbocycles. The number of nitrogens with zero attached hydrogens (tertiary/aromatic N) is 2. The van der Waals surface area contributed by atoms with Crippen molar-refractivity contribution in [2.75, 3.05) is 5.32 Å². The van der Waals surface area contributed by atoms with Crippen LogP contribution in [-0.4, -0.2) is 15.2 Å². The maximum Gasteiger partial charge on any atom is 0.419 e. The molecule has 0 fully saturated rings. The van der Waals surface area contributed by atoms with Crippen LogP contribution in [0.25, 0.3) is 0 Å². The number of alkyl halides is 3. The fourth-order valence-corrected chi connectivity index (χ4v) is 1.86. The highest BCUT2D eigenvalue weighted by molar-refractivity contribution is 9.10. The van der Waals surface area contributed by atoms with Crippen molar-refractivity contribution >= 4 is 21.7 Å². The predicted molar refractivity (Wildman–Crippen MR) is 67.6 cm³/mol. The van der Waals surface area contributed by atoms with E-state index >= 15 is 0 Å². The second kappa shape index (κ2) is 5.20. The molecular weight excluding hydrogens is 325 g/mol. The van der Waals surface area contributed by atoms with Gasteiger partial charge in [0.1, 0.15) is 5.82 Å².